The first-order valence-corrected chi connectivity index (χ1v) is 11.5. The molecule has 3 aromatic rings. The van der Waals surface area contributed by atoms with Gasteiger partial charge in [0.25, 0.3) is 11.8 Å². The summed E-state index contributed by atoms with van der Waals surface area (Å²) in [5.41, 5.74) is 1.55. The number of hydrogen-bond acceptors (Lipinski definition) is 8. The monoisotopic (exact) mass is 467 g/mol. The molecule has 10 heteroatoms. The molecular formula is C22H17N3O5S2. The lowest BCUT2D eigenvalue weighted by Gasteiger charge is -2.20. The Hall–Kier alpha value is -3.50. The predicted octanol–water partition coefficient (Wildman–Crippen LogP) is 3.68. The molecule has 0 saturated carbocycles. The number of thiophene rings is 2. The summed E-state index contributed by atoms with van der Waals surface area (Å²) in [6.07, 6.45) is 0.606. The fraction of sp³-hybridized carbons (Fsp3) is 0.182. The van der Waals surface area contributed by atoms with Crippen LogP contribution in [0.3, 0.4) is 0 Å². The molecule has 0 fully saturated rings. The van der Waals surface area contributed by atoms with Crippen LogP contribution < -0.4 is 10.1 Å². The van der Waals surface area contributed by atoms with Crippen molar-refractivity contribution in [3.63, 3.8) is 0 Å². The van der Waals surface area contributed by atoms with Gasteiger partial charge in [0.2, 0.25) is 0 Å². The van der Waals surface area contributed by atoms with Gasteiger partial charge in [0, 0.05) is 11.3 Å². The molecule has 4 heterocycles. The molecule has 0 aliphatic carbocycles. The SMILES string of the molecule is O=C1COc2cc(C(=O)OCC(=O)N3N=C(c4cccs4)CC3c3cccs3)ccc2N1. The molecule has 2 aliphatic heterocycles. The molecule has 0 radical (unpaired) electrons. The zero-order valence-corrected chi connectivity index (χ0v) is 18.3. The van der Waals surface area contributed by atoms with E-state index in [-0.39, 0.29) is 24.1 Å². The third-order valence-electron chi connectivity index (χ3n) is 5.02. The third-order valence-corrected chi connectivity index (χ3v) is 6.91. The van der Waals surface area contributed by atoms with Crippen molar-refractivity contribution in [2.24, 2.45) is 5.10 Å². The number of benzene rings is 1. The average Bonchev–Trinajstić information content (AvgIpc) is 3.57. The zero-order valence-electron chi connectivity index (χ0n) is 16.6. The maximum Gasteiger partial charge on any atom is 0.338 e. The summed E-state index contributed by atoms with van der Waals surface area (Å²) in [6.45, 7) is -0.551. The Morgan fingerprint density at radius 3 is 2.81 bits per heavy atom. The molecule has 2 amide bonds. The Labute approximate surface area is 191 Å². The standard InChI is InChI=1S/C22H17N3O5S2/c26-20-11-29-17-9-13(5-6-14(17)23-20)22(28)30-12-21(27)25-16(19-4-2-8-32-19)10-15(24-25)18-3-1-7-31-18/h1-9,16H,10-12H2,(H,23,26). The van der Waals surface area contributed by atoms with Crippen LogP contribution in [0.15, 0.2) is 58.3 Å². The highest BCUT2D eigenvalue weighted by molar-refractivity contribution is 7.12. The smallest absolute Gasteiger partial charge is 0.338 e. The minimum atomic E-state index is -0.656. The van der Waals surface area contributed by atoms with Crippen molar-refractivity contribution in [1.29, 1.82) is 0 Å². The van der Waals surface area contributed by atoms with Crippen molar-refractivity contribution in [2.45, 2.75) is 12.5 Å². The topological polar surface area (TPSA) is 97.3 Å². The van der Waals surface area contributed by atoms with E-state index in [2.05, 4.69) is 10.4 Å². The maximum atomic E-state index is 12.9. The lowest BCUT2D eigenvalue weighted by Crippen LogP contribution is -2.31. The summed E-state index contributed by atoms with van der Waals surface area (Å²) in [4.78, 5) is 38.9. The van der Waals surface area contributed by atoms with Crippen molar-refractivity contribution in [1.82, 2.24) is 5.01 Å². The molecule has 0 saturated heterocycles. The second-order valence-electron chi connectivity index (χ2n) is 7.12. The maximum absolute atomic E-state index is 12.9. The van der Waals surface area contributed by atoms with E-state index in [1.165, 1.54) is 17.1 Å². The number of fused-ring (bicyclic) bond motifs is 1. The Morgan fingerprint density at radius 2 is 2.03 bits per heavy atom. The number of carbonyl (C=O) groups excluding carboxylic acids is 3. The number of anilines is 1. The molecule has 1 atom stereocenters. The fourth-order valence-corrected chi connectivity index (χ4v) is 5.05. The van der Waals surface area contributed by atoms with E-state index in [4.69, 9.17) is 9.47 Å². The number of hydrazone groups is 1. The Balaban J connectivity index is 1.29. The molecule has 0 spiro atoms. The van der Waals surface area contributed by atoms with Crippen molar-refractivity contribution in [3.8, 4) is 5.75 Å². The summed E-state index contributed by atoms with van der Waals surface area (Å²) < 4.78 is 10.6. The van der Waals surface area contributed by atoms with Gasteiger partial charge in [0.05, 0.1) is 27.9 Å². The Bertz CT molecular complexity index is 1200. The minimum Gasteiger partial charge on any atom is -0.482 e. The van der Waals surface area contributed by atoms with E-state index < -0.39 is 18.5 Å². The highest BCUT2D eigenvalue weighted by Crippen LogP contribution is 2.36. The van der Waals surface area contributed by atoms with Gasteiger partial charge in [-0.05, 0) is 41.1 Å². The lowest BCUT2D eigenvalue weighted by molar-refractivity contribution is -0.136. The normalized spacial score (nSPS) is 17.2. The van der Waals surface area contributed by atoms with E-state index in [1.807, 2.05) is 35.0 Å². The van der Waals surface area contributed by atoms with Crippen LogP contribution in [0.4, 0.5) is 5.69 Å². The van der Waals surface area contributed by atoms with Crippen LogP contribution in [-0.4, -0.2) is 41.7 Å². The number of carbonyl (C=O) groups is 3. The number of hydrogen-bond donors (Lipinski definition) is 1. The van der Waals surface area contributed by atoms with Crippen LogP contribution in [0, 0.1) is 0 Å². The van der Waals surface area contributed by atoms with Gasteiger partial charge in [-0.25, -0.2) is 9.80 Å². The number of rotatable bonds is 5. The highest BCUT2D eigenvalue weighted by Gasteiger charge is 2.34. The molecular weight excluding hydrogens is 450 g/mol. The molecule has 32 heavy (non-hydrogen) atoms. The number of ether oxygens (including phenoxy) is 2. The molecule has 5 rings (SSSR count). The molecule has 2 aromatic heterocycles. The minimum absolute atomic E-state index is 0.117. The van der Waals surface area contributed by atoms with E-state index in [0.717, 1.165) is 15.5 Å². The van der Waals surface area contributed by atoms with Gasteiger partial charge in [-0.2, -0.15) is 5.10 Å². The van der Waals surface area contributed by atoms with Gasteiger partial charge in [-0.15, -0.1) is 22.7 Å². The third kappa shape index (κ3) is 4.02. The highest BCUT2D eigenvalue weighted by atomic mass is 32.1. The first-order chi connectivity index (χ1) is 15.6. The summed E-state index contributed by atoms with van der Waals surface area (Å²) in [5, 5.41) is 12.6. The quantitative estimate of drug-likeness (QED) is 0.578. The molecule has 1 N–H and O–H groups in total. The predicted molar refractivity (Wildman–Crippen MR) is 120 cm³/mol. The summed E-state index contributed by atoms with van der Waals surface area (Å²) in [6, 6.07) is 12.2. The first-order valence-electron chi connectivity index (χ1n) is 9.79. The van der Waals surface area contributed by atoms with Crippen molar-refractivity contribution >= 4 is 51.9 Å². The molecule has 1 unspecified atom stereocenters. The molecule has 162 valence electrons. The number of esters is 1. The van der Waals surface area contributed by atoms with Gasteiger partial charge in [0.15, 0.2) is 13.2 Å². The summed E-state index contributed by atoms with van der Waals surface area (Å²) in [5.74, 6) is -0.930. The van der Waals surface area contributed by atoms with E-state index >= 15 is 0 Å². The second kappa shape index (κ2) is 8.56. The summed E-state index contributed by atoms with van der Waals surface area (Å²) >= 11 is 3.13. The van der Waals surface area contributed by atoms with Crippen LogP contribution in [-0.2, 0) is 14.3 Å². The average molecular weight is 468 g/mol. The number of amides is 2. The van der Waals surface area contributed by atoms with Crippen LogP contribution in [0.2, 0.25) is 0 Å². The van der Waals surface area contributed by atoms with E-state index in [0.29, 0.717) is 17.9 Å². The van der Waals surface area contributed by atoms with E-state index in [9.17, 15) is 14.4 Å². The van der Waals surface area contributed by atoms with Crippen molar-refractivity contribution in [2.75, 3.05) is 18.5 Å². The molecule has 8 nitrogen and oxygen atoms in total. The van der Waals surface area contributed by atoms with E-state index in [1.54, 1.807) is 28.7 Å². The summed E-state index contributed by atoms with van der Waals surface area (Å²) in [7, 11) is 0. The van der Waals surface area contributed by atoms with Crippen LogP contribution in [0.25, 0.3) is 0 Å². The van der Waals surface area contributed by atoms with Gasteiger partial charge >= 0.3 is 5.97 Å². The van der Waals surface area contributed by atoms with Crippen LogP contribution in [0.1, 0.15) is 32.6 Å². The number of nitrogens with zero attached hydrogens (tertiary/aromatic N) is 2. The van der Waals surface area contributed by atoms with Gasteiger partial charge in [-0.3, -0.25) is 9.59 Å². The molecule has 1 aromatic carbocycles. The fourth-order valence-electron chi connectivity index (χ4n) is 3.51. The van der Waals surface area contributed by atoms with Crippen LogP contribution >= 0.6 is 22.7 Å². The largest absolute Gasteiger partial charge is 0.482 e. The number of nitrogens with one attached hydrogen (secondary N) is 1. The second-order valence-corrected chi connectivity index (χ2v) is 9.05. The van der Waals surface area contributed by atoms with Crippen LogP contribution in [0.5, 0.6) is 5.75 Å². The zero-order chi connectivity index (χ0) is 22.1. The van der Waals surface area contributed by atoms with Gasteiger partial charge < -0.3 is 14.8 Å². The van der Waals surface area contributed by atoms with Crippen molar-refractivity contribution in [3.05, 3.63) is 68.5 Å². The van der Waals surface area contributed by atoms with Gasteiger partial charge in [-0.1, -0.05) is 12.1 Å². The molecule has 0 bridgehead atoms. The first kappa shape index (κ1) is 20.4. The Kier molecular flexibility index (Phi) is 5.46. The Morgan fingerprint density at radius 1 is 1.19 bits per heavy atom. The lowest BCUT2D eigenvalue weighted by atomic mass is 10.1. The van der Waals surface area contributed by atoms with Crippen molar-refractivity contribution < 1.29 is 23.9 Å². The van der Waals surface area contributed by atoms with Gasteiger partial charge in [0.1, 0.15) is 5.75 Å². The molecule has 2 aliphatic rings.